The fourth-order valence-corrected chi connectivity index (χ4v) is 3.73. The zero-order chi connectivity index (χ0) is 18.0. The molecule has 0 radical (unpaired) electrons. The van der Waals surface area contributed by atoms with Gasteiger partial charge >= 0.3 is 0 Å². The molecule has 134 valence electrons. The number of aryl methyl sites for hydroxylation is 2. The highest BCUT2D eigenvalue weighted by Crippen LogP contribution is 2.22. The van der Waals surface area contributed by atoms with E-state index >= 15 is 0 Å². The third-order valence-corrected chi connectivity index (χ3v) is 5.03. The summed E-state index contributed by atoms with van der Waals surface area (Å²) in [6, 6.07) is 10.1. The third kappa shape index (κ3) is 3.93. The van der Waals surface area contributed by atoms with Gasteiger partial charge in [-0.3, -0.25) is 9.48 Å². The highest BCUT2D eigenvalue weighted by Gasteiger charge is 2.29. The van der Waals surface area contributed by atoms with Gasteiger partial charge in [-0.25, -0.2) is 0 Å². The lowest BCUT2D eigenvalue weighted by Crippen LogP contribution is -2.51. The number of likely N-dealkylation sites (tertiary alicyclic amines) is 1. The van der Waals surface area contributed by atoms with Crippen LogP contribution in [0, 0.1) is 13.8 Å². The van der Waals surface area contributed by atoms with Crippen molar-refractivity contribution in [2.75, 3.05) is 6.54 Å². The van der Waals surface area contributed by atoms with Crippen molar-refractivity contribution in [1.82, 2.24) is 14.7 Å². The number of aromatic nitrogens is 2. The maximum atomic E-state index is 13.0. The molecule has 2 unspecified atom stereocenters. The van der Waals surface area contributed by atoms with E-state index in [0.29, 0.717) is 6.54 Å². The Hall–Kier alpha value is -2.14. The summed E-state index contributed by atoms with van der Waals surface area (Å²) in [6.45, 7) is 7.52. The van der Waals surface area contributed by atoms with Gasteiger partial charge in [0.05, 0.1) is 12.2 Å². The van der Waals surface area contributed by atoms with Crippen LogP contribution in [0.15, 0.2) is 30.3 Å². The van der Waals surface area contributed by atoms with E-state index in [0.717, 1.165) is 48.3 Å². The van der Waals surface area contributed by atoms with E-state index in [1.807, 2.05) is 47.7 Å². The lowest BCUT2D eigenvalue weighted by atomic mass is 9.96. The normalized spacial score (nSPS) is 19.0. The molecule has 0 bridgehead atoms. The van der Waals surface area contributed by atoms with Gasteiger partial charge in [0.2, 0.25) is 0 Å². The van der Waals surface area contributed by atoms with Crippen LogP contribution in [-0.4, -0.2) is 39.2 Å². The minimum atomic E-state index is 0.00197. The first kappa shape index (κ1) is 17.7. The predicted molar refractivity (Wildman–Crippen MR) is 99.6 cm³/mol. The number of nitrogens with two attached hydrogens (primary N) is 1. The lowest BCUT2D eigenvalue weighted by molar-refractivity contribution is 0.0583. The first-order valence-electron chi connectivity index (χ1n) is 9.12. The molecule has 1 amide bonds. The number of amides is 1. The first-order valence-corrected chi connectivity index (χ1v) is 9.12. The maximum absolute atomic E-state index is 13.0. The Morgan fingerprint density at radius 3 is 2.80 bits per heavy atom. The largest absolute Gasteiger partial charge is 0.334 e. The van der Waals surface area contributed by atoms with Crippen LogP contribution in [0.4, 0.5) is 0 Å². The van der Waals surface area contributed by atoms with Gasteiger partial charge in [0.25, 0.3) is 5.91 Å². The Bertz CT molecular complexity index is 750. The van der Waals surface area contributed by atoms with Crippen molar-refractivity contribution in [3.63, 3.8) is 0 Å². The SMILES string of the molecule is Cc1cc(C)n(Cc2cccc(C(=O)N3CCCCC3C(C)N)c2)n1. The molecule has 5 heteroatoms. The van der Waals surface area contributed by atoms with Crippen LogP contribution in [-0.2, 0) is 6.54 Å². The summed E-state index contributed by atoms with van der Waals surface area (Å²) in [7, 11) is 0. The monoisotopic (exact) mass is 340 g/mol. The molecule has 2 N–H and O–H groups in total. The molecule has 0 spiro atoms. The van der Waals surface area contributed by atoms with Crippen molar-refractivity contribution in [3.05, 3.63) is 52.8 Å². The number of piperidine rings is 1. The fourth-order valence-electron chi connectivity index (χ4n) is 3.73. The number of hydrogen-bond donors (Lipinski definition) is 1. The number of carbonyl (C=O) groups is 1. The molecular formula is C20H28N4O. The molecule has 1 aliphatic rings. The Morgan fingerprint density at radius 2 is 2.12 bits per heavy atom. The van der Waals surface area contributed by atoms with E-state index in [9.17, 15) is 4.79 Å². The molecule has 1 fully saturated rings. The molecule has 0 saturated carbocycles. The first-order chi connectivity index (χ1) is 12.0. The van der Waals surface area contributed by atoms with Gasteiger partial charge in [0, 0.05) is 29.9 Å². The minimum absolute atomic E-state index is 0.00197. The molecule has 2 atom stereocenters. The van der Waals surface area contributed by atoms with Gasteiger partial charge in [-0.1, -0.05) is 12.1 Å². The summed E-state index contributed by atoms with van der Waals surface area (Å²) in [5, 5.41) is 4.51. The van der Waals surface area contributed by atoms with Crippen molar-refractivity contribution in [2.24, 2.45) is 5.73 Å². The summed E-state index contributed by atoms with van der Waals surface area (Å²) in [6.07, 6.45) is 3.20. The molecule has 25 heavy (non-hydrogen) atoms. The second-order valence-corrected chi connectivity index (χ2v) is 7.21. The summed E-state index contributed by atoms with van der Waals surface area (Å²) in [5.74, 6) is 0.0946. The second kappa shape index (κ2) is 7.40. The zero-order valence-electron chi connectivity index (χ0n) is 15.4. The van der Waals surface area contributed by atoms with Crippen LogP contribution in [0.25, 0.3) is 0 Å². The van der Waals surface area contributed by atoms with E-state index in [-0.39, 0.29) is 18.0 Å². The van der Waals surface area contributed by atoms with E-state index in [1.54, 1.807) is 0 Å². The number of nitrogens with zero attached hydrogens (tertiary/aromatic N) is 3. The van der Waals surface area contributed by atoms with Gasteiger partial charge in [-0.15, -0.1) is 0 Å². The topological polar surface area (TPSA) is 64.2 Å². The Kier molecular flexibility index (Phi) is 5.23. The van der Waals surface area contributed by atoms with E-state index in [4.69, 9.17) is 5.73 Å². The Balaban J connectivity index is 1.80. The van der Waals surface area contributed by atoms with Gasteiger partial charge in [0.1, 0.15) is 0 Å². The summed E-state index contributed by atoms with van der Waals surface area (Å²) in [4.78, 5) is 15.0. The van der Waals surface area contributed by atoms with E-state index in [1.165, 1.54) is 0 Å². The van der Waals surface area contributed by atoms with Gasteiger partial charge in [-0.2, -0.15) is 5.10 Å². The number of rotatable bonds is 4. The standard InChI is InChI=1S/C20H28N4O/c1-14-11-15(2)24(22-14)13-17-7-6-8-18(12-17)20(25)23-10-5-4-9-19(23)16(3)21/h6-8,11-12,16,19H,4-5,9-10,13,21H2,1-3H3. The van der Waals surface area contributed by atoms with Crippen LogP contribution in [0.1, 0.15) is 53.5 Å². The van der Waals surface area contributed by atoms with Crippen molar-refractivity contribution >= 4 is 5.91 Å². The van der Waals surface area contributed by atoms with Crippen molar-refractivity contribution in [3.8, 4) is 0 Å². The van der Waals surface area contributed by atoms with Crippen LogP contribution < -0.4 is 5.73 Å². The molecule has 5 nitrogen and oxygen atoms in total. The zero-order valence-corrected chi connectivity index (χ0v) is 15.4. The van der Waals surface area contributed by atoms with Crippen molar-refractivity contribution < 1.29 is 4.79 Å². The average molecular weight is 340 g/mol. The average Bonchev–Trinajstić information content (AvgIpc) is 2.91. The minimum Gasteiger partial charge on any atom is -0.334 e. The van der Waals surface area contributed by atoms with Gasteiger partial charge in [0.15, 0.2) is 0 Å². The maximum Gasteiger partial charge on any atom is 0.254 e. The van der Waals surface area contributed by atoms with Crippen molar-refractivity contribution in [2.45, 2.75) is 58.7 Å². The van der Waals surface area contributed by atoms with Gasteiger partial charge < -0.3 is 10.6 Å². The van der Waals surface area contributed by atoms with Crippen molar-refractivity contribution in [1.29, 1.82) is 0 Å². The number of carbonyl (C=O) groups excluding carboxylic acids is 1. The van der Waals surface area contributed by atoms with Crippen LogP contribution in [0.5, 0.6) is 0 Å². The van der Waals surface area contributed by atoms with Crippen LogP contribution in [0.3, 0.4) is 0 Å². The lowest BCUT2D eigenvalue weighted by Gasteiger charge is -2.38. The van der Waals surface area contributed by atoms with Crippen LogP contribution in [0.2, 0.25) is 0 Å². The smallest absolute Gasteiger partial charge is 0.254 e. The fraction of sp³-hybridized carbons (Fsp3) is 0.500. The quantitative estimate of drug-likeness (QED) is 0.931. The summed E-state index contributed by atoms with van der Waals surface area (Å²) < 4.78 is 1.98. The molecule has 1 aliphatic heterocycles. The van der Waals surface area contributed by atoms with E-state index in [2.05, 4.69) is 18.1 Å². The molecule has 2 heterocycles. The van der Waals surface area contributed by atoms with Gasteiger partial charge in [-0.05, 0) is 63.8 Å². The highest BCUT2D eigenvalue weighted by atomic mass is 16.2. The second-order valence-electron chi connectivity index (χ2n) is 7.21. The Labute approximate surface area is 149 Å². The molecule has 0 aliphatic carbocycles. The van der Waals surface area contributed by atoms with E-state index < -0.39 is 0 Å². The highest BCUT2D eigenvalue weighted by molar-refractivity contribution is 5.94. The number of benzene rings is 1. The summed E-state index contributed by atoms with van der Waals surface area (Å²) in [5.41, 5.74) is 10.1. The molecule has 3 rings (SSSR count). The molecule has 1 aromatic heterocycles. The number of hydrogen-bond acceptors (Lipinski definition) is 3. The van der Waals surface area contributed by atoms with Crippen LogP contribution >= 0.6 is 0 Å². The predicted octanol–water partition coefficient (Wildman–Crippen LogP) is 2.89. The molecular weight excluding hydrogens is 312 g/mol. The summed E-state index contributed by atoms with van der Waals surface area (Å²) >= 11 is 0. The molecule has 1 aromatic carbocycles. The Morgan fingerprint density at radius 1 is 1.32 bits per heavy atom. The molecule has 2 aromatic rings. The third-order valence-electron chi connectivity index (χ3n) is 5.03. The molecule has 1 saturated heterocycles.